The molecule has 0 fully saturated rings. The fourth-order valence-electron chi connectivity index (χ4n) is 1.60. The molecule has 0 aromatic carbocycles. The fraction of sp³-hybridized carbons (Fsp3) is 0.250. The van der Waals surface area contributed by atoms with Crippen molar-refractivity contribution in [2.45, 2.75) is 18.2 Å². The molecule has 0 aliphatic heterocycles. The number of nitrogens with one attached hydrogen (secondary N) is 1. The summed E-state index contributed by atoms with van der Waals surface area (Å²) < 4.78 is 31.8. The summed E-state index contributed by atoms with van der Waals surface area (Å²) in [5.74, 6) is 0.228. The highest BCUT2D eigenvalue weighted by Gasteiger charge is 2.20. The van der Waals surface area contributed by atoms with Gasteiger partial charge in [0.25, 0.3) is 10.0 Å². The van der Waals surface area contributed by atoms with E-state index >= 15 is 0 Å². The van der Waals surface area contributed by atoms with E-state index < -0.39 is 10.0 Å². The summed E-state index contributed by atoms with van der Waals surface area (Å²) in [5.41, 5.74) is 0.778. The molecule has 9 heteroatoms. The zero-order valence-corrected chi connectivity index (χ0v) is 12.9. The van der Waals surface area contributed by atoms with Crippen LogP contribution in [-0.4, -0.2) is 30.5 Å². The Kier molecular flexibility index (Phi) is 4.59. The third-order valence-electron chi connectivity index (χ3n) is 2.65. The highest BCUT2D eigenvalue weighted by molar-refractivity contribution is 7.92. The second-order valence-corrected chi connectivity index (χ2v) is 6.05. The number of sulfonamides is 1. The predicted molar refractivity (Wildman–Crippen MR) is 78.0 cm³/mol. The summed E-state index contributed by atoms with van der Waals surface area (Å²) in [4.78, 5) is 11.6. The van der Waals surface area contributed by atoms with Crippen LogP contribution in [0, 0.1) is 0 Å². The van der Waals surface area contributed by atoms with E-state index in [-0.39, 0.29) is 15.9 Å². The minimum absolute atomic E-state index is 0.0645. The maximum atomic E-state index is 12.2. The van der Waals surface area contributed by atoms with Crippen LogP contribution in [0.4, 0.5) is 5.95 Å². The van der Waals surface area contributed by atoms with Crippen molar-refractivity contribution in [3.8, 4) is 5.88 Å². The van der Waals surface area contributed by atoms with Crippen molar-refractivity contribution >= 4 is 27.6 Å². The van der Waals surface area contributed by atoms with Crippen LogP contribution in [0.1, 0.15) is 12.5 Å². The van der Waals surface area contributed by atoms with Gasteiger partial charge in [-0.2, -0.15) is 4.98 Å². The Morgan fingerprint density at radius 1 is 1.38 bits per heavy atom. The van der Waals surface area contributed by atoms with Crippen molar-refractivity contribution in [3.63, 3.8) is 0 Å². The normalized spacial score (nSPS) is 11.2. The third-order valence-corrected chi connectivity index (χ3v) is 4.45. The highest BCUT2D eigenvalue weighted by atomic mass is 35.5. The van der Waals surface area contributed by atoms with Crippen LogP contribution in [0.3, 0.4) is 0 Å². The van der Waals surface area contributed by atoms with Crippen molar-refractivity contribution in [2.24, 2.45) is 0 Å². The summed E-state index contributed by atoms with van der Waals surface area (Å²) in [5, 5.41) is 0.0645. The zero-order valence-electron chi connectivity index (χ0n) is 11.4. The van der Waals surface area contributed by atoms with E-state index in [1.54, 1.807) is 0 Å². The van der Waals surface area contributed by atoms with E-state index in [9.17, 15) is 8.42 Å². The molecule has 0 atom stereocenters. The van der Waals surface area contributed by atoms with Gasteiger partial charge in [-0.25, -0.2) is 18.1 Å². The minimum Gasteiger partial charge on any atom is -0.481 e. The van der Waals surface area contributed by atoms with Gasteiger partial charge in [0.1, 0.15) is 4.90 Å². The van der Waals surface area contributed by atoms with Gasteiger partial charge < -0.3 is 4.74 Å². The van der Waals surface area contributed by atoms with E-state index in [4.69, 9.17) is 16.3 Å². The molecule has 0 spiro atoms. The van der Waals surface area contributed by atoms with Crippen LogP contribution in [0.15, 0.2) is 29.6 Å². The number of hydrogen-bond donors (Lipinski definition) is 1. The Hall–Kier alpha value is -1.93. The average molecular weight is 329 g/mol. The minimum atomic E-state index is -3.91. The van der Waals surface area contributed by atoms with Crippen molar-refractivity contribution in [3.05, 3.63) is 35.2 Å². The SMILES string of the molecule is CCc1cnc(NS(=O)(=O)c2cnccc2Cl)nc1OC. The van der Waals surface area contributed by atoms with Gasteiger partial charge in [-0.3, -0.25) is 4.98 Å². The van der Waals surface area contributed by atoms with Crippen molar-refractivity contribution in [1.82, 2.24) is 15.0 Å². The zero-order chi connectivity index (χ0) is 15.5. The molecule has 2 heterocycles. The first-order valence-corrected chi connectivity index (χ1v) is 7.86. The van der Waals surface area contributed by atoms with Crippen LogP contribution < -0.4 is 9.46 Å². The lowest BCUT2D eigenvalue weighted by atomic mass is 10.2. The first-order valence-electron chi connectivity index (χ1n) is 6.00. The first kappa shape index (κ1) is 15.5. The predicted octanol–water partition coefficient (Wildman–Crippen LogP) is 1.90. The first-order chi connectivity index (χ1) is 9.97. The molecule has 0 saturated carbocycles. The number of aryl methyl sites for hydroxylation is 1. The lowest BCUT2D eigenvalue weighted by Gasteiger charge is -2.10. The summed E-state index contributed by atoms with van der Waals surface area (Å²) in [6, 6.07) is 1.39. The topological polar surface area (TPSA) is 94.1 Å². The van der Waals surface area contributed by atoms with Gasteiger partial charge in [-0.1, -0.05) is 18.5 Å². The highest BCUT2D eigenvalue weighted by Crippen LogP contribution is 2.22. The van der Waals surface area contributed by atoms with E-state index in [1.807, 2.05) is 6.92 Å². The fourth-order valence-corrected chi connectivity index (χ4v) is 2.98. The Bertz CT molecular complexity index is 752. The molecule has 0 unspecified atom stereocenters. The molecule has 2 aromatic rings. The van der Waals surface area contributed by atoms with E-state index in [1.165, 1.54) is 25.6 Å². The molecule has 0 aliphatic carbocycles. The van der Waals surface area contributed by atoms with E-state index in [0.29, 0.717) is 12.3 Å². The molecule has 0 bridgehead atoms. The Morgan fingerprint density at radius 2 is 2.14 bits per heavy atom. The number of aromatic nitrogens is 3. The molecule has 0 radical (unpaired) electrons. The number of halogens is 1. The van der Waals surface area contributed by atoms with Crippen LogP contribution in [-0.2, 0) is 16.4 Å². The summed E-state index contributed by atoms with van der Waals surface area (Å²) in [6.07, 6.45) is 4.73. The smallest absolute Gasteiger partial charge is 0.267 e. The molecular formula is C12H13ClN4O3S. The summed E-state index contributed by atoms with van der Waals surface area (Å²) in [6.45, 7) is 1.92. The van der Waals surface area contributed by atoms with Gasteiger partial charge in [0.05, 0.1) is 12.1 Å². The van der Waals surface area contributed by atoms with E-state index in [2.05, 4.69) is 19.7 Å². The maximum absolute atomic E-state index is 12.2. The molecule has 0 saturated heterocycles. The molecule has 0 amide bonds. The van der Waals surface area contributed by atoms with Gasteiger partial charge in [-0.05, 0) is 12.5 Å². The number of pyridine rings is 1. The second kappa shape index (κ2) is 6.23. The van der Waals surface area contributed by atoms with Gasteiger partial charge in [0.2, 0.25) is 11.8 Å². The van der Waals surface area contributed by atoms with Crippen LogP contribution >= 0.6 is 11.6 Å². The molecule has 1 N–H and O–H groups in total. The quantitative estimate of drug-likeness (QED) is 0.900. The van der Waals surface area contributed by atoms with Gasteiger partial charge >= 0.3 is 0 Å². The molecule has 2 rings (SSSR count). The van der Waals surface area contributed by atoms with Crippen LogP contribution in [0.2, 0.25) is 5.02 Å². The number of methoxy groups -OCH3 is 1. The summed E-state index contributed by atoms with van der Waals surface area (Å²) >= 11 is 5.86. The Balaban J connectivity index is 2.35. The molecule has 21 heavy (non-hydrogen) atoms. The van der Waals surface area contributed by atoms with Crippen LogP contribution in [0.5, 0.6) is 5.88 Å². The van der Waals surface area contributed by atoms with Gasteiger partial charge in [0, 0.05) is 24.2 Å². The number of nitrogens with zero attached hydrogens (tertiary/aromatic N) is 3. The monoisotopic (exact) mass is 328 g/mol. The van der Waals surface area contributed by atoms with Crippen molar-refractivity contribution in [1.29, 1.82) is 0 Å². The maximum Gasteiger partial charge on any atom is 0.267 e. The number of rotatable bonds is 5. The van der Waals surface area contributed by atoms with Crippen molar-refractivity contribution < 1.29 is 13.2 Å². The molecule has 0 aliphatic rings. The van der Waals surface area contributed by atoms with Crippen molar-refractivity contribution in [2.75, 3.05) is 11.8 Å². The second-order valence-electron chi connectivity index (χ2n) is 3.99. The number of hydrogen-bond acceptors (Lipinski definition) is 6. The molecule has 112 valence electrons. The van der Waals surface area contributed by atoms with Gasteiger partial charge in [-0.15, -0.1) is 0 Å². The van der Waals surface area contributed by atoms with E-state index in [0.717, 1.165) is 11.8 Å². The average Bonchev–Trinajstić information content (AvgIpc) is 2.47. The lowest BCUT2D eigenvalue weighted by Crippen LogP contribution is -2.16. The number of anilines is 1. The van der Waals surface area contributed by atoms with Gasteiger partial charge in [0.15, 0.2) is 0 Å². The molecular weight excluding hydrogens is 316 g/mol. The standard InChI is InChI=1S/C12H13ClN4O3S/c1-3-8-6-15-12(16-11(8)20-2)17-21(18,19)10-7-14-5-4-9(10)13/h4-7H,3H2,1-2H3,(H,15,16,17). The molecule has 2 aromatic heterocycles. The lowest BCUT2D eigenvalue weighted by molar-refractivity contribution is 0.392. The van der Waals surface area contributed by atoms with Crippen LogP contribution in [0.25, 0.3) is 0 Å². The summed E-state index contributed by atoms with van der Waals surface area (Å²) in [7, 11) is -2.46. The third kappa shape index (κ3) is 3.40. The Morgan fingerprint density at radius 3 is 2.76 bits per heavy atom. The number of ether oxygens (including phenoxy) is 1. The Labute approximate surface area is 127 Å². The molecule has 7 nitrogen and oxygen atoms in total. The largest absolute Gasteiger partial charge is 0.481 e.